The van der Waals surface area contributed by atoms with Crippen molar-refractivity contribution >= 4 is 21.7 Å². The summed E-state index contributed by atoms with van der Waals surface area (Å²) in [4.78, 5) is 25.5. The summed E-state index contributed by atoms with van der Waals surface area (Å²) < 4.78 is 22.7. The van der Waals surface area contributed by atoms with Crippen molar-refractivity contribution in [2.75, 3.05) is 12.8 Å². The predicted octanol–water partition coefficient (Wildman–Crippen LogP) is -0.439. The first-order chi connectivity index (χ1) is 9.25. The van der Waals surface area contributed by atoms with Crippen LogP contribution in [-0.4, -0.2) is 43.2 Å². The van der Waals surface area contributed by atoms with Crippen molar-refractivity contribution < 1.29 is 23.1 Å². The number of carbonyl (C=O) groups excluding carboxylic acids is 1. The van der Waals surface area contributed by atoms with Gasteiger partial charge in [-0.2, -0.15) is 5.26 Å². The molecule has 1 rings (SSSR count). The highest BCUT2D eigenvalue weighted by molar-refractivity contribution is 7.90. The molecule has 1 amide bonds. The van der Waals surface area contributed by atoms with Crippen LogP contribution in [0.4, 0.5) is 0 Å². The highest BCUT2D eigenvalue weighted by Crippen LogP contribution is 2.13. The van der Waals surface area contributed by atoms with Crippen LogP contribution in [0.5, 0.6) is 0 Å². The third-order valence-electron chi connectivity index (χ3n) is 2.21. The molecule has 0 atom stereocenters. The molecule has 0 aromatic carbocycles. The number of hydrogen-bond donors (Lipinski definition) is 2. The number of aliphatic carboxylic acids is 1. The zero-order valence-electron chi connectivity index (χ0n) is 10.5. The summed E-state index contributed by atoms with van der Waals surface area (Å²) in [6.45, 7) is -0.0795. The van der Waals surface area contributed by atoms with Crippen molar-refractivity contribution in [3.63, 3.8) is 0 Å². The van der Waals surface area contributed by atoms with Crippen molar-refractivity contribution in [2.24, 2.45) is 0 Å². The fourth-order valence-corrected chi connectivity index (χ4v) is 2.09. The maximum atomic E-state index is 11.7. The number of hydrogen-bond acceptors (Lipinski definition) is 6. The molecule has 0 fully saturated rings. The minimum atomic E-state index is -3.66. The average molecular weight is 297 g/mol. The Kier molecular flexibility index (Phi) is 4.77. The van der Waals surface area contributed by atoms with E-state index in [9.17, 15) is 18.0 Å². The third-order valence-corrected chi connectivity index (χ3v) is 3.24. The van der Waals surface area contributed by atoms with Gasteiger partial charge < -0.3 is 10.4 Å². The van der Waals surface area contributed by atoms with Gasteiger partial charge in [-0.3, -0.25) is 9.59 Å². The van der Waals surface area contributed by atoms with Crippen LogP contribution in [0, 0.1) is 11.3 Å². The summed E-state index contributed by atoms with van der Waals surface area (Å²) in [5.74, 6) is -1.69. The summed E-state index contributed by atoms with van der Waals surface area (Å²) in [7, 11) is -3.66. The van der Waals surface area contributed by atoms with Crippen LogP contribution in [0.15, 0.2) is 17.3 Å². The first-order valence-corrected chi connectivity index (χ1v) is 7.25. The molecule has 9 heteroatoms. The third kappa shape index (κ3) is 4.03. The van der Waals surface area contributed by atoms with Gasteiger partial charge in [0.2, 0.25) is 0 Å². The average Bonchev–Trinajstić information content (AvgIpc) is 2.36. The minimum Gasteiger partial charge on any atom is -0.481 e. The van der Waals surface area contributed by atoms with Crippen LogP contribution < -0.4 is 5.32 Å². The molecule has 106 valence electrons. The molecule has 1 heterocycles. The number of pyridine rings is 1. The SMILES string of the molecule is CS(=O)(=O)c1ncc(C(=O)NCCC(=O)O)cc1C#N. The van der Waals surface area contributed by atoms with Gasteiger partial charge in [-0.1, -0.05) is 0 Å². The number of amides is 1. The number of sulfone groups is 1. The number of carbonyl (C=O) groups is 2. The van der Waals surface area contributed by atoms with Gasteiger partial charge in [-0.25, -0.2) is 13.4 Å². The van der Waals surface area contributed by atoms with E-state index in [4.69, 9.17) is 10.4 Å². The number of carboxylic acids is 1. The largest absolute Gasteiger partial charge is 0.481 e. The summed E-state index contributed by atoms with van der Waals surface area (Å²) in [5, 5.41) is 19.2. The zero-order valence-corrected chi connectivity index (χ0v) is 11.3. The van der Waals surface area contributed by atoms with Gasteiger partial charge in [-0.05, 0) is 6.07 Å². The molecular weight excluding hydrogens is 286 g/mol. The Hall–Kier alpha value is -2.47. The van der Waals surface area contributed by atoms with E-state index in [-0.39, 0.29) is 24.1 Å². The Labute approximate surface area is 115 Å². The van der Waals surface area contributed by atoms with Gasteiger partial charge in [0.1, 0.15) is 6.07 Å². The Morgan fingerprint density at radius 2 is 2.15 bits per heavy atom. The normalized spacial score (nSPS) is 10.6. The molecule has 0 aliphatic heterocycles. The second kappa shape index (κ2) is 6.12. The number of nitrogens with one attached hydrogen (secondary N) is 1. The van der Waals surface area contributed by atoms with Crippen LogP contribution in [0.2, 0.25) is 0 Å². The van der Waals surface area contributed by atoms with Crippen molar-refractivity contribution in [1.29, 1.82) is 5.26 Å². The maximum absolute atomic E-state index is 11.7. The molecule has 0 radical (unpaired) electrons. The van der Waals surface area contributed by atoms with Crippen LogP contribution in [-0.2, 0) is 14.6 Å². The molecule has 1 aromatic heterocycles. The Morgan fingerprint density at radius 3 is 2.65 bits per heavy atom. The lowest BCUT2D eigenvalue weighted by Gasteiger charge is -2.05. The molecule has 20 heavy (non-hydrogen) atoms. The molecule has 0 unspecified atom stereocenters. The van der Waals surface area contributed by atoms with Gasteiger partial charge >= 0.3 is 5.97 Å². The molecule has 0 spiro atoms. The van der Waals surface area contributed by atoms with Crippen molar-refractivity contribution in [3.8, 4) is 6.07 Å². The zero-order chi connectivity index (χ0) is 15.3. The quantitative estimate of drug-likeness (QED) is 0.751. The molecule has 2 N–H and O–H groups in total. The van der Waals surface area contributed by atoms with E-state index < -0.39 is 26.7 Å². The monoisotopic (exact) mass is 297 g/mol. The lowest BCUT2D eigenvalue weighted by atomic mass is 10.2. The second-order valence-electron chi connectivity index (χ2n) is 3.86. The summed E-state index contributed by atoms with van der Waals surface area (Å²) in [6, 6.07) is 2.75. The highest BCUT2D eigenvalue weighted by Gasteiger charge is 2.17. The summed E-state index contributed by atoms with van der Waals surface area (Å²) in [6.07, 6.45) is 1.68. The Bertz CT molecular complexity index is 691. The van der Waals surface area contributed by atoms with Crippen molar-refractivity contribution in [2.45, 2.75) is 11.4 Å². The van der Waals surface area contributed by atoms with E-state index >= 15 is 0 Å². The molecule has 0 aliphatic rings. The number of aromatic nitrogens is 1. The highest BCUT2D eigenvalue weighted by atomic mass is 32.2. The first-order valence-electron chi connectivity index (χ1n) is 5.36. The van der Waals surface area contributed by atoms with Gasteiger partial charge in [0.15, 0.2) is 14.9 Å². The maximum Gasteiger partial charge on any atom is 0.305 e. The van der Waals surface area contributed by atoms with Gasteiger partial charge in [0, 0.05) is 19.0 Å². The van der Waals surface area contributed by atoms with E-state index in [1.807, 2.05) is 0 Å². The number of carboxylic acid groups (broad SMARTS) is 1. The van der Waals surface area contributed by atoms with Crippen LogP contribution in [0.1, 0.15) is 22.3 Å². The topological polar surface area (TPSA) is 137 Å². The fraction of sp³-hybridized carbons (Fsp3) is 0.273. The number of nitrogens with zero attached hydrogens (tertiary/aromatic N) is 2. The summed E-state index contributed by atoms with van der Waals surface area (Å²) >= 11 is 0. The standard InChI is InChI=1S/C11H11N3O5S/c1-20(18,19)11-7(5-12)4-8(6-14-11)10(17)13-3-2-9(15)16/h4,6H,2-3H2,1H3,(H,13,17)(H,15,16). The van der Waals surface area contributed by atoms with Crippen LogP contribution in [0.3, 0.4) is 0 Å². The van der Waals surface area contributed by atoms with Crippen molar-refractivity contribution in [3.05, 3.63) is 23.4 Å². The number of rotatable bonds is 5. The van der Waals surface area contributed by atoms with E-state index in [0.717, 1.165) is 18.5 Å². The molecular formula is C11H11N3O5S. The van der Waals surface area contributed by atoms with E-state index in [2.05, 4.69) is 10.3 Å². The summed E-state index contributed by atoms with van der Waals surface area (Å²) in [5.41, 5.74) is -0.252. The van der Waals surface area contributed by atoms with Gasteiger partial charge in [-0.15, -0.1) is 0 Å². The predicted molar refractivity (Wildman–Crippen MR) is 66.6 cm³/mol. The molecule has 8 nitrogen and oxygen atoms in total. The lowest BCUT2D eigenvalue weighted by Crippen LogP contribution is -2.26. The van der Waals surface area contributed by atoms with Gasteiger partial charge in [0.05, 0.1) is 17.5 Å². The smallest absolute Gasteiger partial charge is 0.305 e. The Balaban J connectivity index is 2.97. The van der Waals surface area contributed by atoms with E-state index in [1.165, 1.54) is 0 Å². The second-order valence-corrected chi connectivity index (χ2v) is 5.79. The lowest BCUT2D eigenvalue weighted by molar-refractivity contribution is -0.136. The number of nitriles is 1. The molecule has 1 aromatic rings. The minimum absolute atomic E-state index is 0.0145. The van der Waals surface area contributed by atoms with Gasteiger partial charge in [0.25, 0.3) is 5.91 Å². The molecule has 0 bridgehead atoms. The van der Waals surface area contributed by atoms with E-state index in [1.54, 1.807) is 6.07 Å². The van der Waals surface area contributed by atoms with Crippen LogP contribution in [0.25, 0.3) is 0 Å². The van der Waals surface area contributed by atoms with Crippen molar-refractivity contribution in [1.82, 2.24) is 10.3 Å². The van der Waals surface area contributed by atoms with E-state index in [0.29, 0.717) is 0 Å². The molecule has 0 saturated carbocycles. The fourth-order valence-electron chi connectivity index (χ4n) is 1.34. The van der Waals surface area contributed by atoms with Crippen LogP contribution >= 0.6 is 0 Å². The first kappa shape index (κ1) is 15.6. The Morgan fingerprint density at radius 1 is 1.50 bits per heavy atom. The molecule has 0 aliphatic carbocycles. The molecule has 0 saturated heterocycles.